The maximum absolute atomic E-state index is 12.1. The number of fused-ring (bicyclic) bond motifs is 1. The van der Waals surface area contributed by atoms with Gasteiger partial charge < -0.3 is 44.5 Å². The van der Waals surface area contributed by atoms with E-state index in [1.807, 2.05) is 0 Å². The molecule has 11 nitrogen and oxygen atoms in total. The van der Waals surface area contributed by atoms with Crippen molar-refractivity contribution >= 4 is 11.9 Å². The molecule has 2 heterocycles. The molecule has 0 aromatic rings. The van der Waals surface area contributed by atoms with Gasteiger partial charge >= 0.3 is 11.9 Å². The van der Waals surface area contributed by atoms with Crippen molar-refractivity contribution in [3.8, 4) is 0 Å². The number of esters is 1. The number of allylic oxidation sites excluding steroid dienone is 1. The molecule has 8 atom stereocenters. The summed E-state index contributed by atoms with van der Waals surface area (Å²) in [5.41, 5.74) is 0.114. The third kappa shape index (κ3) is 3.52. The van der Waals surface area contributed by atoms with Crippen LogP contribution < -0.4 is 0 Å². The fraction of sp³-hybridized carbons (Fsp3) is 0.647. The van der Waals surface area contributed by atoms with Gasteiger partial charge in [0.1, 0.15) is 24.4 Å². The van der Waals surface area contributed by atoms with Gasteiger partial charge in [0.25, 0.3) is 0 Å². The average molecular weight is 402 g/mol. The first kappa shape index (κ1) is 20.7. The Kier molecular flexibility index (Phi) is 6.03. The number of hydrogen-bond acceptors (Lipinski definition) is 10. The number of carbonyl (C=O) groups excluding carboxylic acids is 1. The summed E-state index contributed by atoms with van der Waals surface area (Å²) in [7, 11) is 1.18. The highest BCUT2D eigenvalue weighted by molar-refractivity contribution is 5.92. The minimum absolute atomic E-state index is 0.0474. The highest BCUT2D eigenvalue weighted by Crippen LogP contribution is 2.44. The van der Waals surface area contributed by atoms with Gasteiger partial charge in [-0.25, -0.2) is 9.59 Å². The molecule has 1 saturated heterocycles. The molecule has 11 heteroatoms. The van der Waals surface area contributed by atoms with Gasteiger partial charge in [-0.3, -0.25) is 0 Å². The number of carboxylic acids is 1. The van der Waals surface area contributed by atoms with Gasteiger partial charge in [-0.2, -0.15) is 0 Å². The molecule has 0 radical (unpaired) electrons. The number of carboxylic acid groups (broad SMARTS) is 1. The molecule has 0 amide bonds. The van der Waals surface area contributed by atoms with Crippen molar-refractivity contribution in [3.05, 3.63) is 23.5 Å². The summed E-state index contributed by atoms with van der Waals surface area (Å²) in [6, 6.07) is 0. The van der Waals surface area contributed by atoms with E-state index >= 15 is 0 Å². The van der Waals surface area contributed by atoms with Gasteiger partial charge in [-0.15, -0.1) is 0 Å². The first-order valence-corrected chi connectivity index (χ1v) is 8.63. The SMILES string of the molecule is COC(=O)C1=CC[C@@H]2C(C(=O)O)=CO[C@@H](O[C@H]3O[C@@H](CO)[C@@H](O)[C@@H](O)[C@H]3O)[C@@H]12. The van der Waals surface area contributed by atoms with Crippen LogP contribution in [-0.2, 0) is 28.5 Å². The molecule has 0 saturated carbocycles. The number of aliphatic hydroxyl groups excluding tert-OH is 4. The summed E-state index contributed by atoms with van der Waals surface area (Å²) in [5, 5.41) is 48.5. The summed E-state index contributed by atoms with van der Waals surface area (Å²) in [5.74, 6) is -3.36. The van der Waals surface area contributed by atoms with E-state index in [0.717, 1.165) is 6.26 Å². The van der Waals surface area contributed by atoms with E-state index < -0.39 is 67.4 Å². The van der Waals surface area contributed by atoms with Crippen molar-refractivity contribution in [3.63, 3.8) is 0 Å². The number of methoxy groups -OCH3 is 1. The third-order valence-corrected chi connectivity index (χ3v) is 5.19. The molecule has 1 aliphatic carbocycles. The Balaban J connectivity index is 1.85. The second kappa shape index (κ2) is 8.15. The van der Waals surface area contributed by atoms with Gasteiger partial charge in [-0.1, -0.05) is 6.08 Å². The Labute approximate surface area is 159 Å². The zero-order chi connectivity index (χ0) is 20.6. The van der Waals surface area contributed by atoms with E-state index in [-0.39, 0.29) is 17.6 Å². The van der Waals surface area contributed by atoms with Crippen molar-refractivity contribution in [2.75, 3.05) is 13.7 Å². The van der Waals surface area contributed by atoms with Gasteiger partial charge in [0.2, 0.25) is 6.29 Å². The number of ether oxygens (including phenoxy) is 4. The average Bonchev–Trinajstić information content (AvgIpc) is 3.13. The smallest absolute Gasteiger partial charge is 0.335 e. The van der Waals surface area contributed by atoms with Crippen LogP contribution in [0, 0.1) is 11.8 Å². The molecule has 2 aliphatic heterocycles. The number of hydrogen-bond donors (Lipinski definition) is 5. The first-order chi connectivity index (χ1) is 13.3. The molecule has 0 bridgehead atoms. The van der Waals surface area contributed by atoms with E-state index in [1.165, 1.54) is 13.2 Å². The summed E-state index contributed by atoms with van der Waals surface area (Å²) in [6.07, 6.45) is -6.02. The minimum Gasteiger partial charge on any atom is -0.478 e. The molecule has 3 aliphatic rings. The lowest BCUT2D eigenvalue weighted by molar-refractivity contribution is -0.339. The predicted octanol–water partition coefficient (Wildman–Crippen LogP) is -2.14. The molecule has 0 aromatic heterocycles. The van der Waals surface area contributed by atoms with Crippen LogP contribution in [0.5, 0.6) is 0 Å². The van der Waals surface area contributed by atoms with Crippen molar-refractivity contribution in [2.45, 2.75) is 43.4 Å². The van der Waals surface area contributed by atoms with E-state index in [2.05, 4.69) is 0 Å². The minimum atomic E-state index is -1.67. The van der Waals surface area contributed by atoms with Crippen LogP contribution in [0.25, 0.3) is 0 Å². The Bertz CT molecular complexity index is 685. The van der Waals surface area contributed by atoms with Crippen molar-refractivity contribution in [1.29, 1.82) is 0 Å². The van der Waals surface area contributed by atoms with Crippen LogP contribution >= 0.6 is 0 Å². The zero-order valence-corrected chi connectivity index (χ0v) is 14.9. The summed E-state index contributed by atoms with van der Waals surface area (Å²) < 4.78 is 21.0. The van der Waals surface area contributed by atoms with Crippen LogP contribution in [0.15, 0.2) is 23.5 Å². The van der Waals surface area contributed by atoms with Gasteiger partial charge in [-0.05, 0) is 6.42 Å². The van der Waals surface area contributed by atoms with Crippen molar-refractivity contribution in [2.24, 2.45) is 11.8 Å². The highest BCUT2D eigenvalue weighted by atomic mass is 16.8. The molecular formula is C17H22O11. The largest absolute Gasteiger partial charge is 0.478 e. The lowest BCUT2D eigenvalue weighted by atomic mass is 9.83. The Hall–Kier alpha value is -2.02. The molecule has 0 aromatic carbocycles. The van der Waals surface area contributed by atoms with Crippen LogP contribution in [0.2, 0.25) is 0 Å². The van der Waals surface area contributed by atoms with Crippen LogP contribution in [-0.4, -0.2) is 88.2 Å². The Morgan fingerprint density at radius 2 is 1.86 bits per heavy atom. The fourth-order valence-electron chi connectivity index (χ4n) is 3.70. The molecule has 28 heavy (non-hydrogen) atoms. The number of aliphatic hydroxyl groups is 4. The maximum Gasteiger partial charge on any atom is 0.335 e. The Morgan fingerprint density at radius 3 is 2.46 bits per heavy atom. The van der Waals surface area contributed by atoms with Crippen LogP contribution in [0.4, 0.5) is 0 Å². The number of aliphatic carboxylic acids is 1. The molecule has 0 unspecified atom stereocenters. The lowest BCUT2D eigenvalue weighted by Crippen LogP contribution is -2.60. The van der Waals surface area contributed by atoms with E-state index in [4.69, 9.17) is 18.9 Å². The Morgan fingerprint density at radius 1 is 1.14 bits per heavy atom. The van der Waals surface area contributed by atoms with Gasteiger partial charge in [0, 0.05) is 11.5 Å². The summed E-state index contributed by atoms with van der Waals surface area (Å²) in [6.45, 7) is -0.640. The second-order valence-electron chi connectivity index (χ2n) is 6.74. The number of rotatable bonds is 5. The third-order valence-electron chi connectivity index (χ3n) is 5.19. The standard InChI is InChI=1S/C17H22O11/c1-25-15(24)7-3-2-6-8(14(22)23)5-26-16(10(6)7)28-17-13(21)12(20)11(19)9(4-18)27-17/h3,5-6,9-13,16-21H,2,4H2,1H3,(H,22,23)/t6-,9+,10-,11-,12-,13-,16+,17-/m1/s1. The highest BCUT2D eigenvalue weighted by Gasteiger charge is 2.51. The first-order valence-electron chi connectivity index (χ1n) is 8.63. The second-order valence-corrected chi connectivity index (χ2v) is 6.74. The van der Waals surface area contributed by atoms with E-state index in [9.17, 15) is 35.1 Å². The summed E-state index contributed by atoms with van der Waals surface area (Å²) in [4.78, 5) is 23.6. The zero-order valence-electron chi connectivity index (χ0n) is 14.9. The van der Waals surface area contributed by atoms with Crippen LogP contribution in [0.1, 0.15) is 6.42 Å². The molecule has 0 spiro atoms. The molecular weight excluding hydrogens is 380 g/mol. The normalized spacial score (nSPS) is 40.0. The van der Waals surface area contributed by atoms with E-state index in [1.54, 1.807) is 0 Å². The fourth-order valence-corrected chi connectivity index (χ4v) is 3.70. The quantitative estimate of drug-likeness (QED) is 0.318. The molecule has 1 fully saturated rings. The van der Waals surface area contributed by atoms with Gasteiger partial charge in [0.15, 0.2) is 6.29 Å². The predicted molar refractivity (Wildman–Crippen MR) is 87.1 cm³/mol. The van der Waals surface area contributed by atoms with Crippen LogP contribution in [0.3, 0.4) is 0 Å². The topological polar surface area (TPSA) is 172 Å². The molecule has 156 valence electrons. The maximum atomic E-state index is 12.1. The van der Waals surface area contributed by atoms with Crippen molar-refractivity contribution in [1.82, 2.24) is 0 Å². The van der Waals surface area contributed by atoms with Crippen molar-refractivity contribution < 1.29 is 54.1 Å². The molecule has 5 N–H and O–H groups in total. The molecule has 3 rings (SSSR count). The van der Waals surface area contributed by atoms with E-state index in [0.29, 0.717) is 0 Å². The monoisotopic (exact) mass is 402 g/mol. The van der Waals surface area contributed by atoms with Gasteiger partial charge in [0.05, 0.1) is 31.5 Å². The summed E-state index contributed by atoms with van der Waals surface area (Å²) >= 11 is 0. The lowest BCUT2D eigenvalue weighted by Gasteiger charge is -2.42. The number of carbonyl (C=O) groups is 2.